The molecule has 98 valence electrons. The molecule has 2 aromatic rings. The van der Waals surface area contributed by atoms with Crippen molar-refractivity contribution in [1.29, 1.82) is 0 Å². The minimum Gasteiger partial charge on any atom is -0.486 e. The standard InChI is InChI=1S/C15H15NO2S/c1-10-2-4-11(5-3-10)19-15-9-14-13(8-12(15)16)17-6-7-18-14/h2-5,8-9H,6-7,16H2,1H3. The van der Waals surface area contributed by atoms with Crippen molar-refractivity contribution in [3.8, 4) is 11.5 Å². The van der Waals surface area contributed by atoms with Gasteiger partial charge in [0.1, 0.15) is 13.2 Å². The summed E-state index contributed by atoms with van der Waals surface area (Å²) in [6.45, 7) is 3.25. The van der Waals surface area contributed by atoms with Crippen LogP contribution in [0.4, 0.5) is 5.69 Å². The van der Waals surface area contributed by atoms with Crippen molar-refractivity contribution in [1.82, 2.24) is 0 Å². The molecule has 19 heavy (non-hydrogen) atoms. The lowest BCUT2D eigenvalue weighted by Crippen LogP contribution is -2.15. The SMILES string of the molecule is Cc1ccc(Sc2cc3c(cc2N)OCCO3)cc1. The van der Waals surface area contributed by atoms with Crippen molar-refractivity contribution < 1.29 is 9.47 Å². The molecule has 0 aromatic heterocycles. The molecular weight excluding hydrogens is 258 g/mol. The minimum atomic E-state index is 0.580. The Hall–Kier alpha value is -1.81. The van der Waals surface area contributed by atoms with Gasteiger partial charge in [0.2, 0.25) is 0 Å². The molecule has 1 heterocycles. The van der Waals surface area contributed by atoms with Crippen LogP contribution in [-0.4, -0.2) is 13.2 Å². The maximum Gasteiger partial charge on any atom is 0.163 e. The Bertz CT molecular complexity index is 596. The predicted octanol–water partition coefficient (Wildman–Crippen LogP) is 3.50. The first-order valence-corrected chi connectivity index (χ1v) is 6.98. The van der Waals surface area contributed by atoms with Gasteiger partial charge >= 0.3 is 0 Å². The van der Waals surface area contributed by atoms with Gasteiger partial charge in [0.25, 0.3) is 0 Å². The van der Waals surface area contributed by atoms with Crippen LogP contribution in [0.2, 0.25) is 0 Å². The molecule has 0 spiro atoms. The van der Waals surface area contributed by atoms with Crippen LogP contribution in [0.5, 0.6) is 11.5 Å². The van der Waals surface area contributed by atoms with E-state index in [-0.39, 0.29) is 0 Å². The number of ether oxygens (including phenoxy) is 2. The Morgan fingerprint density at radius 2 is 1.63 bits per heavy atom. The molecule has 0 saturated heterocycles. The van der Waals surface area contributed by atoms with E-state index in [0.717, 1.165) is 27.0 Å². The summed E-state index contributed by atoms with van der Waals surface area (Å²) in [5.74, 6) is 1.51. The van der Waals surface area contributed by atoms with E-state index in [9.17, 15) is 0 Å². The Morgan fingerprint density at radius 3 is 2.32 bits per heavy atom. The van der Waals surface area contributed by atoms with Gasteiger partial charge in [-0.3, -0.25) is 0 Å². The number of benzene rings is 2. The fraction of sp³-hybridized carbons (Fsp3) is 0.200. The van der Waals surface area contributed by atoms with Gasteiger partial charge in [-0.25, -0.2) is 0 Å². The Kier molecular flexibility index (Phi) is 3.25. The number of aryl methyl sites for hydroxylation is 1. The average Bonchev–Trinajstić information content (AvgIpc) is 2.42. The van der Waals surface area contributed by atoms with Crippen LogP contribution in [-0.2, 0) is 0 Å². The summed E-state index contributed by atoms with van der Waals surface area (Å²) < 4.78 is 11.1. The molecule has 1 aliphatic rings. The van der Waals surface area contributed by atoms with E-state index in [1.165, 1.54) is 5.56 Å². The van der Waals surface area contributed by atoms with Crippen LogP contribution in [0.1, 0.15) is 5.56 Å². The highest BCUT2D eigenvalue weighted by molar-refractivity contribution is 7.99. The second-order valence-electron chi connectivity index (χ2n) is 4.45. The highest BCUT2D eigenvalue weighted by Crippen LogP contribution is 2.40. The normalized spacial score (nSPS) is 13.3. The quantitative estimate of drug-likeness (QED) is 0.851. The molecule has 0 saturated carbocycles. The molecule has 0 fully saturated rings. The van der Waals surface area contributed by atoms with Crippen LogP contribution >= 0.6 is 11.8 Å². The maximum atomic E-state index is 6.07. The molecule has 3 rings (SSSR count). The average molecular weight is 273 g/mol. The summed E-state index contributed by atoms with van der Waals surface area (Å²) in [7, 11) is 0. The van der Waals surface area contributed by atoms with Crippen molar-refractivity contribution >= 4 is 17.4 Å². The van der Waals surface area contributed by atoms with E-state index in [0.29, 0.717) is 13.2 Å². The molecule has 2 aromatic carbocycles. The topological polar surface area (TPSA) is 44.5 Å². The highest BCUT2D eigenvalue weighted by Gasteiger charge is 2.15. The van der Waals surface area contributed by atoms with Gasteiger partial charge in [0, 0.05) is 27.6 Å². The lowest BCUT2D eigenvalue weighted by molar-refractivity contribution is 0.171. The van der Waals surface area contributed by atoms with Crippen LogP contribution in [0.15, 0.2) is 46.2 Å². The highest BCUT2D eigenvalue weighted by atomic mass is 32.2. The van der Waals surface area contributed by atoms with Crippen molar-refractivity contribution in [2.24, 2.45) is 0 Å². The molecule has 1 aliphatic heterocycles. The fourth-order valence-corrected chi connectivity index (χ4v) is 2.78. The number of hydrogen-bond acceptors (Lipinski definition) is 4. The number of nitrogens with two attached hydrogens (primary N) is 1. The van der Waals surface area contributed by atoms with Crippen molar-refractivity contribution in [3.63, 3.8) is 0 Å². The zero-order valence-electron chi connectivity index (χ0n) is 10.7. The van der Waals surface area contributed by atoms with Gasteiger partial charge < -0.3 is 15.2 Å². The largest absolute Gasteiger partial charge is 0.486 e. The first-order chi connectivity index (χ1) is 9.22. The lowest BCUT2D eigenvalue weighted by atomic mass is 10.2. The second kappa shape index (κ2) is 5.05. The van der Waals surface area contributed by atoms with E-state index in [1.54, 1.807) is 11.8 Å². The molecule has 0 atom stereocenters. The smallest absolute Gasteiger partial charge is 0.163 e. The molecule has 0 radical (unpaired) electrons. The van der Waals surface area contributed by atoms with Crippen molar-refractivity contribution in [3.05, 3.63) is 42.0 Å². The van der Waals surface area contributed by atoms with Gasteiger partial charge in [-0.2, -0.15) is 0 Å². The molecular formula is C15H15NO2S. The Morgan fingerprint density at radius 1 is 1.00 bits per heavy atom. The lowest BCUT2D eigenvalue weighted by Gasteiger charge is -2.20. The van der Waals surface area contributed by atoms with Gasteiger partial charge in [0.15, 0.2) is 11.5 Å². The fourth-order valence-electron chi connectivity index (χ4n) is 1.91. The van der Waals surface area contributed by atoms with Crippen LogP contribution in [0.25, 0.3) is 0 Å². The molecule has 0 aliphatic carbocycles. The third-order valence-electron chi connectivity index (χ3n) is 2.92. The number of fused-ring (bicyclic) bond motifs is 1. The first-order valence-electron chi connectivity index (χ1n) is 6.16. The first kappa shape index (κ1) is 12.2. The Labute approximate surface area is 116 Å². The minimum absolute atomic E-state index is 0.580. The zero-order valence-corrected chi connectivity index (χ0v) is 11.5. The van der Waals surface area contributed by atoms with E-state index in [4.69, 9.17) is 15.2 Å². The predicted molar refractivity (Wildman–Crippen MR) is 77.1 cm³/mol. The molecule has 0 bridgehead atoms. The number of anilines is 1. The summed E-state index contributed by atoms with van der Waals surface area (Å²) in [5.41, 5.74) is 8.03. The van der Waals surface area contributed by atoms with E-state index >= 15 is 0 Å². The van der Waals surface area contributed by atoms with Crippen molar-refractivity contribution in [2.75, 3.05) is 18.9 Å². The van der Waals surface area contributed by atoms with Gasteiger partial charge in [-0.1, -0.05) is 29.5 Å². The third-order valence-corrected chi connectivity index (χ3v) is 4.00. The number of nitrogen functional groups attached to an aromatic ring is 1. The molecule has 0 amide bonds. The van der Waals surface area contributed by atoms with Crippen LogP contribution < -0.4 is 15.2 Å². The monoisotopic (exact) mass is 273 g/mol. The Balaban J connectivity index is 1.90. The van der Waals surface area contributed by atoms with E-state index in [1.807, 2.05) is 12.1 Å². The van der Waals surface area contributed by atoms with Gasteiger partial charge in [0.05, 0.1) is 0 Å². The summed E-state index contributed by atoms with van der Waals surface area (Å²) in [6.07, 6.45) is 0. The second-order valence-corrected chi connectivity index (χ2v) is 5.56. The van der Waals surface area contributed by atoms with Crippen molar-refractivity contribution in [2.45, 2.75) is 16.7 Å². The molecule has 4 heteroatoms. The number of rotatable bonds is 2. The maximum absolute atomic E-state index is 6.07. The molecule has 3 nitrogen and oxygen atoms in total. The van der Waals surface area contributed by atoms with E-state index in [2.05, 4.69) is 31.2 Å². The van der Waals surface area contributed by atoms with Gasteiger partial charge in [-0.05, 0) is 19.1 Å². The zero-order chi connectivity index (χ0) is 13.2. The third kappa shape index (κ3) is 2.63. The number of hydrogen-bond donors (Lipinski definition) is 1. The summed E-state index contributed by atoms with van der Waals surface area (Å²) >= 11 is 1.64. The van der Waals surface area contributed by atoms with Crippen LogP contribution in [0.3, 0.4) is 0 Å². The summed E-state index contributed by atoms with van der Waals surface area (Å²) in [5, 5.41) is 0. The summed E-state index contributed by atoms with van der Waals surface area (Å²) in [6, 6.07) is 12.2. The van der Waals surface area contributed by atoms with Crippen LogP contribution in [0, 0.1) is 6.92 Å². The van der Waals surface area contributed by atoms with E-state index < -0.39 is 0 Å². The van der Waals surface area contributed by atoms with Gasteiger partial charge in [-0.15, -0.1) is 0 Å². The molecule has 2 N–H and O–H groups in total. The summed E-state index contributed by atoms with van der Waals surface area (Å²) in [4.78, 5) is 2.15. The molecule has 0 unspecified atom stereocenters.